The Labute approximate surface area is 161 Å². The van der Waals surface area contributed by atoms with Gasteiger partial charge in [0.25, 0.3) is 0 Å². The number of carbonyl (C=O) groups is 1. The monoisotopic (exact) mass is 368 g/mol. The number of aryl methyl sites for hydroxylation is 1. The van der Waals surface area contributed by atoms with Crippen LogP contribution in [0.25, 0.3) is 0 Å². The standard InChI is InChI=1S/C22H28N2O3/c1-3-4-5-6-10-13-20(19-16-17(2)14-15-21(19)25)24-27-22(26)23-18-11-8-7-9-12-18/h7-9,11-12,14-16,25H,3-6,10,13H2,1-2H3,(H,23,26)/b24-20+. The van der Waals surface area contributed by atoms with Crippen LogP contribution in [0.5, 0.6) is 5.75 Å². The van der Waals surface area contributed by atoms with Gasteiger partial charge >= 0.3 is 6.09 Å². The third-order valence-electron chi connectivity index (χ3n) is 4.24. The number of nitrogens with zero attached hydrogens (tertiary/aromatic N) is 1. The summed E-state index contributed by atoms with van der Waals surface area (Å²) in [4.78, 5) is 17.1. The fourth-order valence-electron chi connectivity index (χ4n) is 2.77. The molecule has 5 nitrogen and oxygen atoms in total. The Kier molecular flexibility index (Phi) is 8.36. The number of amides is 1. The van der Waals surface area contributed by atoms with Gasteiger partial charge in [0.1, 0.15) is 5.75 Å². The van der Waals surface area contributed by atoms with Crippen molar-refractivity contribution >= 4 is 17.5 Å². The summed E-state index contributed by atoms with van der Waals surface area (Å²) in [7, 11) is 0. The van der Waals surface area contributed by atoms with Crippen molar-refractivity contribution in [1.82, 2.24) is 0 Å². The molecule has 0 heterocycles. The molecule has 0 saturated carbocycles. The second kappa shape index (κ2) is 11.0. The van der Waals surface area contributed by atoms with Crippen LogP contribution in [0.3, 0.4) is 0 Å². The molecule has 2 aromatic carbocycles. The predicted octanol–water partition coefficient (Wildman–Crippen LogP) is 6.01. The summed E-state index contributed by atoms with van der Waals surface area (Å²) in [6.45, 7) is 4.13. The Morgan fingerprint density at radius 2 is 1.81 bits per heavy atom. The quantitative estimate of drug-likeness (QED) is 0.246. The Morgan fingerprint density at radius 1 is 1.07 bits per heavy atom. The van der Waals surface area contributed by atoms with E-state index in [2.05, 4.69) is 17.4 Å². The van der Waals surface area contributed by atoms with Crippen molar-refractivity contribution in [2.75, 3.05) is 5.32 Å². The normalized spacial score (nSPS) is 11.3. The highest BCUT2D eigenvalue weighted by Crippen LogP contribution is 2.22. The topological polar surface area (TPSA) is 70.9 Å². The van der Waals surface area contributed by atoms with Gasteiger partial charge in [-0.15, -0.1) is 0 Å². The van der Waals surface area contributed by atoms with Crippen LogP contribution in [-0.4, -0.2) is 16.9 Å². The maximum Gasteiger partial charge on any atom is 0.437 e. The zero-order chi connectivity index (χ0) is 19.5. The van der Waals surface area contributed by atoms with Crippen LogP contribution in [0.1, 0.15) is 56.6 Å². The number of phenolic OH excluding ortho intramolecular Hbond substituents is 1. The van der Waals surface area contributed by atoms with Crippen molar-refractivity contribution in [2.24, 2.45) is 5.16 Å². The number of para-hydroxylation sites is 1. The van der Waals surface area contributed by atoms with Crippen molar-refractivity contribution in [3.8, 4) is 5.75 Å². The minimum absolute atomic E-state index is 0.139. The van der Waals surface area contributed by atoms with E-state index < -0.39 is 6.09 Å². The number of oxime groups is 1. The molecule has 27 heavy (non-hydrogen) atoms. The summed E-state index contributed by atoms with van der Waals surface area (Å²) in [5, 5.41) is 16.9. The minimum atomic E-state index is -0.656. The molecular weight excluding hydrogens is 340 g/mol. The van der Waals surface area contributed by atoms with Crippen LogP contribution in [-0.2, 0) is 4.84 Å². The lowest BCUT2D eigenvalue weighted by Gasteiger charge is -2.10. The summed E-state index contributed by atoms with van der Waals surface area (Å²) in [5.74, 6) is 0.139. The van der Waals surface area contributed by atoms with Gasteiger partial charge < -0.3 is 5.11 Å². The first kappa shape index (κ1) is 20.5. The summed E-state index contributed by atoms with van der Waals surface area (Å²) >= 11 is 0. The maximum absolute atomic E-state index is 12.0. The van der Waals surface area contributed by atoms with Crippen LogP contribution in [0, 0.1) is 6.92 Å². The van der Waals surface area contributed by atoms with Crippen LogP contribution in [0.15, 0.2) is 53.7 Å². The lowest BCUT2D eigenvalue weighted by molar-refractivity contribution is 0.166. The van der Waals surface area contributed by atoms with E-state index in [9.17, 15) is 9.90 Å². The van der Waals surface area contributed by atoms with Gasteiger partial charge in [-0.25, -0.2) is 4.79 Å². The van der Waals surface area contributed by atoms with E-state index in [0.29, 0.717) is 23.4 Å². The molecule has 144 valence electrons. The fourth-order valence-corrected chi connectivity index (χ4v) is 2.77. The van der Waals surface area contributed by atoms with Gasteiger partial charge in [-0.05, 0) is 44.0 Å². The van der Waals surface area contributed by atoms with E-state index >= 15 is 0 Å². The lowest BCUT2D eigenvalue weighted by atomic mass is 10.0. The van der Waals surface area contributed by atoms with E-state index in [1.54, 1.807) is 18.2 Å². The molecule has 0 spiro atoms. The number of unbranched alkanes of at least 4 members (excludes halogenated alkanes) is 4. The first-order valence-corrected chi connectivity index (χ1v) is 9.50. The summed E-state index contributed by atoms with van der Waals surface area (Å²) in [6, 6.07) is 14.4. The number of hydrogen-bond donors (Lipinski definition) is 2. The molecule has 2 aromatic rings. The number of anilines is 1. The van der Waals surface area contributed by atoms with Gasteiger partial charge in [0.05, 0.1) is 5.71 Å². The van der Waals surface area contributed by atoms with Crippen molar-refractivity contribution in [3.63, 3.8) is 0 Å². The number of phenols is 1. The predicted molar refractivity (Wildman–Crippen MR) is 109 cm³/mol. The molecule has 0 saturated heterocycles. The molecule has 0 radical (unpaired) electrons. The highest BCUT2D eigenvalue weighted by Gasteiger charge is 2.12. The molecule has 2 N–H and O–H groups in total. The highest BCUT2D eigenvalue weighted by atomic mass is 16.7. The third kappa shape index (κ3) is 7.13. The zero-order valence-corrected chi connectivity index (χ0v) is 16.1. The van der Waals surface area contributed by atoms with E-state index in [0.717, 1.165) is 18.4 Å². The van der Waals surface area contributed by atoms with E-state index in [-0.39, 0.29) is 5.75 Å². The number of carbonyl (C=O) groups excluding carboxylic acids is 1. The van der Waals surface area contributed by atoms with Gasteiger partial charge in [-0.2, -0.15) is 0 Å². The number of rotatable bonds is 9. The van der Waals surface area contributed by atoms with Crippen LogP contribution in [0.4, 0.5) is 10.5 Å². The SMILES string of the molecule is CCCCCCC/C(=N\OC(=O)Nc1ccccc1)c1cc(C)ccc1O. The van der Waals surface area contributed by atoms with Gasteiger partial charge in [0.2, 0.25) is 0 Å². The molecule has 0 unspecified atom stereocenters. The number of nitrogens with one attached hydrogen (secondary N) is 1. The van der Waals surface area contributed by atoms with Gasteiger partial charge in [-0.3, -0.25) is 10.2 Å². The molecule has 0 atom stereocenters. The van der Waals surface area contributed by atoms with Gasteiger partial charge in [0.15, 0.2) is 0 Å². The second-order valence-electron chi connectivity index (χ2n) is 6.59. The van der Waals surface area contributed by atoms with Gasteiger partial charge in [-0.1, -0.05) is 67.6 Å². The Hall–Kier alpha value is -2.82. The maximum atomic E-state index is 12.0. The Balaban J connectivity index is 2.06. The summed E-state index contributed by atoms with van der Waals surface area (Å²) < 4.78 is 0. The van der Waals surface area contributed by atoms with Crippen molar-refractivity contribution in [3.05, 3.63) is 59.7 Å². The average Bonchev–Trinajstić information content (AvgIpc) is 2.67. The van der Waals surface area contributed by atoms with Crippen LogP contribution in [0.2, 0.25) is 0 Å². The molecule has 0 aliphatic heterocycles. The number of hydrogen-bond acceptors (Lipinski definition) is 4. The number of aromatic hydroxyl groups is 1. The van der Waals surface area contributed by atoms with E-state index in [1.165, 1.54) is 19.3 Å². The Morgan fingerprint density at radius 3 is 2.56 bits per heavy atom. The molecule has 2 rings (SSSR count). The summed E-state index contributed by atoms with van der Waals surface area (Å²) in [6.07, 6.45) is 5.54. The molecule has 0 aliphatic rings. The second-order valence-corrected chi connectivity index (χ2v) is 6.59. The summed E-state index contributed by atoms with van der Waals surface area (Å²) in [5.41, 5.74) is 2.83. The highest BCUT2D eigenvalue weighted by molar-refractivity contribution is 6.03. The molecule has 0 aliphatic carbocycles. The lowest BCUT2D eigenvalue weighted by Crippen LogP contribution is -2.13. The van der Waals surface area contributed by atoms with Crippen LogP contribution >= 0.6 is 0 Å². The molecular formula is C22H28N2O3. The van der Waals surface area contributed by atoms with E-state index in [4.69, 9.17) is 4.84 Å². The smallest absolute Gasteiger partial charge is 0.437 e. The molecule has 0 fully saturated rings. The first-order chi connectivity index (χ1) is 13.1. The molecule has 0 bridgehead atoms. The molecule has 5 heteroatoms. The zero-order valence-electron chi connectivity index (χ0n) is 16.1. The largest absolute Gasteiger partial charge is 0.507 e. The average molecular weight is 368 g/mol. The minimum Gasteiger partial charge on any atom is -0.507 e. The first-order valence-electron chi connectivity index (χ1n) is 9.50. The van der Waals surface area contributed by atoms with Crippen molar-refractivity contribution in [2.45, 2.75) is 52.4 Å². The van der Waals surface area contributed by atoms with Crippen molar-refractivity contribution < 1.29 is 14.7 Å². The number of benzene rings is 2. The van der Waals surface area contributed by atoms with Gasteiger partial charge in [0, 0.05) is 11.3 Å². The fraction of sp³-hybridized carbons (Fsp3) is 0.364. The van der Waals surface area contributed by atoms with E-state index in [1.807, 2.05) is 37.3 Å². The van der Waals surface area contributed by atoms with Crippen molar-refractivity contribution in [1.29, 1.82) is 0 Å². The third-order valence-corrected chi connectivity index (χ3v) is 4.24. The molecule has 0 aromatic heterocycles. The van der Waals surface area contributed by atoms with Crippen LogP contribution < -0.4 is 5.32 Å². The molecule has 1 amide bonds. The Bertz CT molecular complexity index is 757.